The molecule has 0 aliphatic carbocycles. The maximum atomic E-state index is 13.1. The number of nitrogens with two attached hydrogens (primary N) is 1. The Kier molecular flexibility index (Phi) is 5.51. The maximum Gasteiger partial charge on any atom is 0.252 e. The van der Waals surface area contributed by atoms with Gasteiger partial charge in [0.25, 0.3) is 5.91 Å². The van der Waals surface area contributed by atoms with Crippen LogP contribution in [0.1, 0.15) is 22.3 Å². The quantitative estimate of drug-likeness (QED) is 0.656. The Morgan fingerprint density at radius 2 is 2.16 bits per heavy atom. The molecule has 0 aliphatic heterocycles. The van der Waals surface area contributed by atoms with Crippen LogP contribution in [0.25, 0.3) is 0 Å². The van der Waals surface area contributed by atoms with Gasteiger partial charge in [0.05, 0.1) is 5.56 Å². The lowest BCUT2D eigenvalue weighted by Crippen LogP contribution is -2.28. The van der Waals surface area contributed by atoms with Crippen molar-refractivity contribution < 1.29 is 19.1 Å². The molecule has 0 heterocycles. The molecule has 1 aromatic carbocycles. The minimum absolute atomic E-state index is 0.0184. The number of aliphatic hydroxyl groups is 1. The molecule has 19 heavy (non-hydrogen) atoms. The first-order chi connectivity index (χ1) is 9.04. The normalized spacial score (nSPS) is 9.37. The van der Waals surface area contributed by atoms with Crippen LogP contribution >= 0.6 is 0 Å². The molecular formula is C13H13FN2O3. The van der Waals surface area contributed by atoms with Crippen molar-refractivity contribution in [3.63, 3.8) is 0 Å². The summed E-state index contributed by atoms with van der Waals surface area (Å²) in [7, 11) is 0. The Labute approximate surface area is 109 Å². The van der Waals surface area contributed by atoms with Gasteiger partial charge in [-0.25, -0.2) is 4.39 Å². The number of hydrogen-bond acceptors (Lipinski definition) is 3. The molecule has 1 aromatic rings. The van der Waals surface area contributed by atoms with Crippen molar-refractivity contribution in [2.75, 3.05) is 13.2 Å². The number of halogens is 1. The third-order valence-electron chi connectivity index (χ3n) is 2.19. The zero-order chi connectivity index (χ0) is 14.3. The smallest absolute Gasteiger partial charge is 0.252 e. The summed E-state index contributed by atoms with van der Waals surface area (Å²) in [5.74, 6) is 3.30. The predicted octanol–water partition coefficient (Wildman–Crippen LogP) is -0.225. The molecule has 0 aliphatic rings. The summed E-state index contributed by atoms with van der Waals surface area (Å²) < 4.78 is 13.1. The van der Waals surface area contributed by atoms with Gasteiger partial charge in [0.2, 0.25) is 5.91 Å². The molecule has 5 nitrogen and oxygen atoms in total. The van der Waals surface area contributed by atoms with Crippen molar-refractivity contribution >= 4 is 11.8 Å². The molecule has 0 aromatic heterocycles. The molecule has 0 saturated carbocycles. The lowest BCUT2D eigenvalue weighted by atomic mass is 10.1. The van der Waals surface area contributed by atoms with Crippen LogP contribution in [-0.2, 0) is 4.79 Å². The SMILES string of the molecule is NC(=O)CCNC(=O)c1ccc(F)cc1C#CCO. The van der Waals surface area contributed by atoms with Gasteiger partial charge < -0.3 is 16.2 Å². The van der Waals surface area contributed by atoms with Crippen molar-refractivity contribution in [1.82, 2.24) is 5.32 Å². The fraction of sp³-hybridized carbons (Fsp3) is 0.231. The van der Waals surface area contributed by atoms with Crippen LogP contribution in [-0.4, -0.2) is 30.1 Å². The van der Waals surface area contributed by atoms with Crippen LogP contribution < -0.4 is 11.1 Å². The van der Waals surface area contributed by atoms with Gasteiger partial charge in [-0.2, -0.15) is 0 Å². The highest BCUT2D eigenvalue weighted by Crippen LogP contribution is 2.10. The number of benzene rings is 1. The second-order valence-corrected chi connectivity index (χ2v) is 3.62. The summed E-state index contributed by atoms with van der Waals surface area (Å²) in [6.07, 6.45) is 0.0184. The van der Waals surface area contributed by atoms with Gasteiger partial charge in [0.1, 0.15) is 12.4 Å². The number of aliphatic hydroxyl groups excluding tert-OH is 1. The van der Waals surface area contributed by atoms with Gasteiger partial charge in [-0.05, 0) is 18.2 Å². The summed E-state index contributed by atoms with van der Waals surface area (Å²) in [5.41, 5.74) is 5.29. The Morgan fingerprint density at radius 3 is 2.79 bits per heavy atom. The summed E-state index contributed by atoms with van der Waals surface area (Å²) in [6.45, 7) is -0.294. The number of hydrogen-bond donors (Lipinski definition) is 3. The minimum atomic E-state index is -0.532. The summed E-state index contributed by atoms with van der Waals surface area (Å²) in [6, 6.07) is 3.52. The van der Waals surface area contributed by atoms with Gasteiger partial charge in [-0.3, -0.25) is 9.59 Å². The molecule has 1 rings (SSSR count). The maximum absolute atomic E-state index is 13.1. The molecule has 0 bridgehead atoms. The van der Waals surface area contributed by atoms with Crippen molar-refractivity contribution in [3.8, 4) is 11.8 Å². The second kappa shape index (κ2) is 7.13. The molecule has 2 amide bonds. The zero-order valence-electron chi connectivity index (χ0n) is 10.1. The molecule has 0 atom stereocenters. The van der Waals surface area contributed by atoms with E-state index in [2.05, 4.69) is 17.2 Å². The third kappa shape index (κ3) is 4.77. The average molecular weight is 264 g/mol. The van der Waals surface area contributed by atoms with E-state index >= 15 is 0 Å². The Bertz CT molecular complexity index is 547. The van der Waals surface area contributed by atoms with Crippen molar-refractivity contribution in [3.05, 3.63) is 35.1 Å². The highest BCUT2D eigenvalue weighted by molar-refractivity contribution is 5.96. The lowest BCUT2D eigenvalue weighted by Gasteiger charge is -2.06. The molecule has 0 saturated heterocycles. The van der Waals surface area contributed by atoms with Gasteiger partial charge in [-0.15, -0.1) is 0 Å². The van der Waals surface area contributed by atoms with Gasteiger partial charge >= 0.3 is 0 Å². The summed E-state index contributed by atoms with van der Waals surface area (Å²) in [4.78, 5) is 22.3. The molecular weight excluding hydrogens is 251 g/mol. The van der Waals surface area contributed by atoms with E-state index in [1.165, 1.54) is 6.07 Å². The van der Waals surface area contributed by atoms with Crippen LogP contribution in [0.15, 0.2) is 18.2 Å². The van der Waals surface area contributed by atoms with E-state index in [-0.39, 0.29) is 30.7 Å². The van der Waals surface area contributed by atoms with E-state index in [4.69, 9.17) is 10.8 Å². The molecule has 0 spiro atoms. The topological polar surface area (TPSA) is 92.4 Å². The lowest BCUT2D eigenvalue weighted by molar-refractivity contribution is -0.117. The third-order valence-corrected chi connectivity index (χ3v) is 2.19. The van der Waals surface area contributed by atoms with Crippen molar-refractivity contribution in [2.45, 2.75) is 6.42 Å². The molecule has 0 fully saturated rings. The van der Waals surface area contributed by atoms with E-state index in [1.54, 1.807) is 0 Å². The Balaban J connectivity index is 2.86. The number of carbonyl (C=O) groups is 2. The Hall–Kier alpha value is -2.39. The number of primary amides is 1. The fourth-order valence-electron chi connectivity index (χ4n) is 1.35. The Morgan fingerprint density at radius 1 is 1.42 bits per heavy atom. The molecule has 0 radical (unpaired) electrons. The summed E-state index contributed by atoms with van der Waals surface area (Å²) in [5, 5.41) is 11.1. The zero-order valence-corrected chi connectivity index (χ0v) is 10.1. The van der Waals surface area contributed by atoms with E-state index in [0.29, 0.717) is 0 Å². The van der Waals surface area contributed by atoms with Gasteiger partial charge in [-0.1, -0.05) is 11.8 Å². The number of rotatable bonds is 4. The molecule has 100 valence electrons. The summed E-state index contributed by atoms with van der Waals surface area (Å²) >= 11 is 0. The van der Waals surface area contributed by atoms with E-state index in [9.17, 15) is 14.0 Å². The minimum Gasteiger partial charge on any atom is -0.384 e. The fourth-order valence-corrected chi connectivity index (χ4v) is 1.35. The number of carbonyl (C=O) groups excluding carboxylic acids is 2. The first-order valence-electron chi connectivity index (χ1n) is 5.50. The first-order valence-corrected chi connectivity index (χ1v) is 5.50. The number of nitrogens with one attached hydrogen (secondary N) is 1. The highest BCUT2D eigenvalue weighted by atomic mass is 19.1. The first kappa shape index (κ1) is 14.7. The molecule has 6 heteroatoms. The van der Waals surface area contributed by atoms with Gasteiger partial charge in [0, 0.05) is 18.5 Å². The van der Waals surface area contributed by atoms with Crippen molar-refractivity contribution in [2.24, 2.45) is 5.73 Å². The van der Waals surface area contributed by atoms with Crippen LogP contribution in [0.5, 0.6) is 0 Å². The van der Waals surface area contributed by atoms with Crippen LogP contribution in [0.2, 0.25) is 0 Å². The second-order valence-electron chi connectivity index (χ2n) is 3.62. The van der Waals surface area contributed by atoms with Crippen LogP contribution in [0, 0.1) is 17.7 Å². The number of amides is 2. The standard InChI is InChI=1S/C13H13FN2O3/c14-10-3-4-11(9(8-10)2-1-7-17)13(19)16-6-5-12(15)18/h3-4,8,17H,5-7H2,(H2,15,18)(H,16,19). The van der Waals surface area contributed by atoms with E-state index in [0.717, 1.165) is 12.1 Å². The highest BCUT2D eigenvalue weighted by Gasteiger charge is 2.11. The van der Waals surface area contributed by atoms with Crippen molar-refractivity contribution in [1.29, 1.82) is 0 Å². The average Bonchev–Trinajstić information content (AvgIpc) is 2.35. The monoisotopic (exact) mass is 264 g/mol. The van der Waals surface area contributed by atoms with E-state index in [1.807, 2.05) is 0 Å². The predicted molar refractivity (Wildman–Crippen MR) is 66.5 cm³/mol. The molecule has 4 N–H and O–H groups in total. The molecule has 0 unspecified atom stereocenters. The van der Waals surface area contributed by atoms with Crippen LogP contribution in [0.3, 0.4) is 0 Å². The van der Waals surface area contributed by atoms with Gasteiger partial charge in [0.15, 0.2) is 0 Å². The van der Waals surface area contributed by atoms with Crippen LogP contribution in [0.4, 0.5) is 4.39 Å². The van der Waals surface area contributed by atoms with E-state index < -0.39 is 17.6 Å². The largest absolute Gasteiger partial charge is 0.384 e.